The lowest BCUT2D eigenvalue weighted by Crippen LogP contribution is -2.25. The number of hydrogen-bond donors (Lipinski definition) is 1. The highest BCUT2D eigenvalue weighted by atomic mass is 16.5. The standard InChI is InChI=1S/C15H23N5O/c1-11-5-3-4-6-12(11)8-16-14-7-13(9-21-2)19-15-17-10-18-20(14)15/h7,10-12,16H,3-6,8-9H2,1-2H3. The van der Waals surface area contributed by atoms with Gasteiger partial charge in [0.15, 0.2) is 0 Å². The molecule has 2 unspecified atom stereocenters. The molecule has 21 heavy (non-hydrogen) atoms. The second-order valence-electron chi connectivity index (χ2n) is 5.94. The molecule has 114 valence electrons. The van der Waals surface area contributed by atoms with Gasteiger partial charge in [0.25, 0.3) is 5.78 Å². The molecule has 2 atom stereocenters. The van der Waals surface area contributed by atoms with E-state index in [4.69, 9.17) is 4.74 Å². The molecule has 1 fully saturated rings. The highest BCUT2D eigenvalue weighted by Gasteiger charge is 2.21. The van der Waals surface area contributed by atoms with Crippen molar-refractivity contribution >= 4 is 11.6 Å². The third-order valence-electron chi connectivity index (χ3n) is 4.43. The fraction of sp³-hybridized carbons (Fsp3) is 0.667. The summed E-state index contributed by atoms with van der Waals surface area (Å²) in [6.07, 6.45) is 6.91. The number of nitrogens with one attached hydrogen (secondary N) is 1. The molecule has 0 bridgehead atoms. The van der Waals surface area contributed by atoms with Crippen LogP contribution in [0.2, 0.25) is 0 Å². The third kappa shape index (κ3) is 3.15. The highest BCUT2D eigenvalue weighted by molar-refractivity contribution is 5.44. The van der Waals surface area contributed by atoms with Gasteiger partial charge in [0.1, 0.15) is 12.1 Å². The summed E-state index contributed by atoms with van der Waals surface area (Å²) < 4.78 is 6.93. The average molecular weight is 289 g/mol. The largest absolute Gasteiger partial charge is 0.378 e. The minimum Gasteiger partial charge on any atom is -0.378 e. The molecular weight excluding hydrogens is 266 g/mol. The lowest BCUT2D eigenvalue weighted by atomic mass is 9.80. The molecule has 6 heteroatoms. The van der Waals surface area contributed by atoms with Crippen molar-refractivity contribution < 1.29 is 4.74 Å². The lowest BCUT2D eigenvalue weighted by molar-refractivity contribution is 0.181. The van der Waals surface area contributed by atoms with Gasteiger partial charge in [-0.15, -0.1) is 0 Å². The molecule has 2 aromatic rings. The molecule has 0 aliphatic heterocycles. The van der Waals surface area contributed by atoms with Gasteiger partial charge in [0.2, 0.25) is 0 Å². The van der Waals surface area contributed by atoms with Gasteiger partial charge in [-0.05, 0) is 18.3 Å². The first kappa shape index (κ1) is 14.3. The number of fused-ring (bicyclic) bond motifs is 1. The Labute approximate surface area is 124 Å². The van der Waals surface area contributed by atoms with Crippen LogP contribution in [0.1, 0.15) is 38.3 Å². The van der Waals surface area contributed by atoms with Crippen molar-refractivity contribution in [3.05, 3.63) is 18.1 Å². The maximum atomic E-state index is 5.17. The molecule has 0 amide bonds. The van der Waals surface area contributed by atoms with Crippen LogP contribution in [-0.4, -0.2) is 33.2 Å². The summed E-state index contributed by atoms with van der Waals surface area (Å²) in [7, 11) is 1.67. The van der Waals surface area contributed by atoms with E-state index in [2.05, 4.69) is 27.3 Å². The molecule has 0 saturated heterocycles. The van der Waals surface area contributed by atoms with E-state index in [0.29, 0.717) is 12.4 Å². The van der Waals surface area contributed by atoms with Crippen LogP contribution in [0.15, 0.2) is 12.4 Å². The predicted octanol–water partition coefficient (Wildman–Crippen LogP) is 2.51. The fourth-order valence-corrected chi connectivity index (χ4v) is 3.14. The molecule has 3 rings (SSSR count). The molecule has 6 nitrogen and oxygen atoms in total. The van der Waals surface area contributed by atoms with Gasteiger partial charge in [-0.2, -0.15) is 14.6 Å². The van der Waals surface area contributed by atoms with Gasteiger partial charge in [-0.3, -0.25) is 0 Å². The number of nitrogens with zero attached hydrogens (tertiary/aromatic N) is 4. The topological polar surface area (TPSA) is 64.3 Å². The van der Waals surface area contributed by atoms with E-state index < -0.39 is 0 Å². The van der Waals surface area contributed by atoms with Crippen LogP contribution in [0, 0.1) is 11.8 Å². The highest BCUT2D eigenvalue weighted by Crippen LogP contribution is 2.29. The number of anilines is 1. The number of rotatable bonds is 5. The Morgan fingerprint density at radius 1 is 1.38 bits per heavy atom. The number of hydrogen-bond acceptors (Lipinski definition) is 5. The van der Waals surface area contributed by atoms with Crippen molar-refractivity contribution in [1.29, 1.82) is 0 Å². The zero-order valence-corrected chi connectivity index (χ0v) is 12.7. The van der Waals surface area contributed by atoms with Crippen LogP contribution >= 0.6 is 0 Å². The molecule has 1 aliphatic rings. The van der Waals surface area contributed by atoms with Crippen molar-refractivity contribution in [2.24, 2.45) is 11.8 Å². The van der Waals surface area contributed by atoms with E-state index in [1.54, 1.807) is 11.6 Å². The minimum atomic E-state index is 0.484. The number of ether oxygens (including phenoxy) is 1. The summed E-state index contributed by atoms with van der Waals surface area (Å²) in [5.74, 6) is 3.08. The fourth-order valence-electron chi connectivity index (χ4n) is 3.14. The first-order chi connectivity index (χ1) is 10.3. The van der Waals surface area contributed by atoms with Gasteiger partial charge in [-0.1, -0.05) is 26.2 Å². The summed E-state index contributed by atoms with van der Waals surface area (Å²) in [5.41, 5.74) is 0.872. The van der Waals surface area contributed by atoms with Crippen LogP contribution in [0.25, 0.3) is 5.78 Å². The average Bonchev–Trinajstić information content (AvgIpc) is 2.95. The quantitative estimate of drug-likeness (QED) is 0.916. The molecule has 2 aromatic heterocycles. The zero-order valence-electron chi connectivity index (χ0n) is 12.7. The van der Waals surface area contributed by atoms with Gasteiger partial charge in [0, 0.05) is 19.7 Å². The number of methoxy groups -OCH3 is 1. The van der Waals surface area contributed by atoms with Gasteiger partial charge in [-0.25, -0.2) is 4.98 Å². The SMILES string of the molecule is COCc1cc(NCC2CCCCC2C)n2ncnc2n1. The summed E-state index contributed by atoms with van der Waals surface area (Å²) in [6.45, 7) is 3.82. The van der Waals surface area contributed by atoms with Crippen LogP contribution in [0.3, 0.4) is 0 Å². The Morgan fingerprint density at radius 3 is 3.05 bits per heavy atom. The minimum absolute atomic E-state index is 0.484. The van der Waals surface area contributed by atoms with Crippen molar-refractivity contribution in [1.82, 2.24) is 19.6 Å². The van der Waals surface area contributed by atoms with Crippen LogP contribution < -0.4 is 5.32 Å². The first-order valence-corrected chi connectivity index (χ1v) is 7.70. The Balaban J connectivity index is 1.77. The van der Waals surface area contributed by atoms with E-state index >= 15 is 0 Å². The number of aromatic nitrogens is 4. The molecule has 0 radical (unpaired) electrons. The second-order valence-corrected chi connectivity index (χ2v) is 5.94. The van der Waals surface area contributed by atoms with Crippen LogP contribution in [0.5, 0.6) is 0 Å². The zero-order chi connectivity index (χ0) is 14.7. The molecule has 0 aromatic carbocycles. The molecule has 2 heterocycles. The summed E-state index contributed by atoms with van der Waals surface area (Å²) in [5, 5.41) is 7.78. The Bertz CT molecular complexity index is 597. The van der Waals surface area contributed by atoms with Gasteiger partial charge >= 0.3 is 0 Å². The van der Waals surface area contributed by atoms with E-state index in [1.807, 2.05) is 6.07 Å². The first-order valence-electron chi connectivity index (χ1n) is 7.70. The van der Waals surface area contributed by atoms with Gasteiger partial charge < -0.3 is 10.1 Å². The molecule has 1 aliphatic carbocycles. The maximum absolute atomic E-state index is 5.17. The van der Waals surface area contributed by atoms with Crippen LogP contribution in [-0.2, 0) is 11.3 Å². The second kappa shape index (κ2) is 6.39. The molecule has 1 saturated carbocycles. The molecule has 1 N–H and O–H groups in total. The van der Waals surface area contributed by atoms with Gasteiger partial charge in [0.05, 0.1) is 12.3 Å². The lowest BCUT2D eigenvalue weighted by Gasteiger charge is -2.29. The maximum Gasteiger partial charge on any atom is 0.254 e. The van der Waals surface area contributed by atoms with E-state index in [-0.39, 0.29) is 0 Å². The van der Waals surface area contributed by atoms with Crippen molar-refractivity contribution in [3.63, 3.8) is 0 Å². The van der Waals surface area contributed by atoms with E-state index in [1.165, 1.54) is 32.0 Å². The van der Waals surface area contributed by atoms with E-state index in [0.717, 1.165) is 29.9 Å². The van der Waals surface area contributed by atoms with Crippen molar-refractivity contribution in [3.8, 4) is 0 Å². The third-order valence-corrected chi connectivity index (χ3v) is 4.43. The Morgan fingerprint density at radius 2 is 2.24 bits per heavy atom. The monoisotopic (exact) mass is 289 g/mol. The van der Waals surface area contributed by atoms with Crippen LogP contribution in [0.4, 0.5) is 5.82 Å². The van der Waals surface area contributed by atoms with Crippen molar-refractivity contribution in [2.75, 3.05) is 19.0 Å². The predicted molar refractivity (Wildman–Crippen MR) is 81.1 cm³/mol. The Hall–Kier alpha value is -1.69. The summed E-state index contributed by atoms with van der Waals surface area (Å²) in [6, 6.07) is 2.00. The smallest absolute Gasteiger partial charge is 0.254 e. The molecule has 0 spiro atoms. The van der Waals surface area contributed by atoms with Crippen molar-refractivity contribution in [2.45, 2.75) is 39.2 Å². The normalized spacial score (nSPS) is 22.6. The molecular formula is C15H23N5O. The summed E-state index contributed by atoms with van der Waals surface area (Å²) in [4.78, 5) is 8.60. The van der Waals surface area contributed by atoms with E-state index in [9.17, 15) is 0 Å². The summed E-state index contributed by atoms with van der Waals surface area (Å²) >= 11 is 0. The Kier molecular flexibility index (Phi) is 4.34.